The van der Waals surface area contributed by atoms with Gasteiger partial charge in [0, 0.05) is 28.4 Å². The first-order chi connectivity index (χ1) is 15.0. The molecule has 164 valence electrons. The van der Waals surface area contributed by atoms with Crippen molar-refractivity contribution in [2.24, 2.45) is 5.92 Å². The minimum atomic E-state index is -1.00. The maximum Gasteiger partial charge on any atom is 0.339 e. The van der Waals surface area contributed by atoms with Crippen molar-refractivity contribution in [3.05, 3.63) is 47.1 Å². The van der Waals surface area contributed by atoms with E-state index in [1.165, 1.54) is 31.4 Å². The molecule has 1 aliphatic rings. The predicted octanol–water partition coefficient (Wildman–Crippen LogP) is 6.54. The molecule has 0 atom stereocenters. The van der Waals surface area contributed by atoms with Crippen LogP contribution in [0.3, 0.4) is 0 Å². The fourth-order valence-electron chi connectivity index (χ4n) is 4.31. The summed E-state index contributed by atoms with van der Waals surface area (Å²) in [6.45, 7) is 4.43. The van der Waals surface area contributed by atoms with Crippen LogP contribution in [0.5, 0.6) is 0 Å². The molecule has 3 aromatic heterocycles. The number of carbonyl (C=O) groups is 1. The van der Waals surface area contributed by atoms with Crippen molar-refractivity contribution in [1.29, 1.82) is 0 Å². The lowest BCUT2D eigenvalue weighted by Crippen LogP contribution is -2.14. The molecule has 0 bridgehead atoms. The van der Waals surface area contributed by atoms with E-state index in [-0.39, 0.29) is 5.56 Å². The zero-order valence-electron chi connectivity index (χ0n) is 18.2. The van der Waals surface area contributed by atoms with Gasteiger partial charge in [-0.25, -0.2) is 9.78 Å². The van der Waals surface area contributed by atoms with Crippen molar-refractivity contribution in [2.75, 3.05) is 5.32 Å². The first-order valence-corrected chi connectivity index (χ1v) is 12.0. The van der Waals surface area contributed by atoms with E-state index >= 15 is 0 Å². The summed E-state index contributed by atoms with van der Waals surface area (Å²) in [6, 6.07) is 8.07. The number of hydrogen-bond acceptors (Lipinski definition) is 5. The first-order valence-electron chi connectivity index (χ1n) is 11.1. The lowest BCUT2D eigenvalue weighted by Gasteiger charge is -2.18. The largest absolute Gasteiger partial charge is 0.478 e. The lowest BCUT2D eigenvalue weighted by atomic mass is 10.1. The summed E-state index contributed by atoms with van der Waals surface area (Å²) in [5.74, 6) is 0.513. The Kier molecular flexibility index (Phi) is 6.70. The Morgan fingerprint density at radius 1 is 1.26 bits per heavy atom. The molecule has 0 spiro atoms. The van der Waals surface area contributed by atoms with Crippen LogP contribution in [0.2, 0.25) is 0 Å². The number of aromatic carboxylic acids is 1. The Labute approximate surface area is 187 Å². The molecule has 1 saturated carbocycles. The molecular formula is C24H30N4O2S. The van der Waals surface area contributed by atoms with E-state index in [0.717, 1.165) is 29.7 Å². The van der Waals surface area contributed by atoms with E-state index in [4.69, 9.17) is 5.10 Å². The van der Waals surface area contributed by atoms with Crippen LogP contribution < -0.4 is 5.32 Å². The molecule has 0 aromatic carbocycles. The highest BCUT2D eigenvalue weighted by molar-refractivity contribution is 7.13. The Balaban J connectivity index is 1.64. The highest BCUT2D eigenvalue weighted by Gasteiger charge is 2.21. The number of rotatable bonds is 7. The van der Waals surface area contributed by atoms with Gasteiger partial charge in [0.05, 0.1) is 6.04 Å². The molecule has 3 aromatic rings. The van der Waals surface area contributed by atoms with Crippen LogP contribution >= 0.6 is 11.3 Å². The lowest BCUT2D eigenvalue weighted by molar-refractivity contribution is 0.0697. The van der Waals surface area contributed by atoms with Crippen LogP contribution in [0.25, 0.3) is 10.4 Å². The van der Waals surface area contributed by atoms with Gasteiger partial charge in [-0.05, 0) is 42.7 Å². The van der Waals surface area contributed by atoms with Gasteiger partial charge < -0.3 is 10.4 Å². The van der Waals surface area contributed by atoms with Gasteiger partial charge in [0.25, 0.3) is 0 Å². The van der Waals surface area contributed by atoms with Gasteiger partial charge in [-0.1, -0.05) is 45.6 Å². The zero-order valence-corrected chi connectivity index (χ0v) is 19.0. The molecule has 7 heteroatoms. The quantitative estimate of drug-likeness (QED) is 0.409. The van der Waals surface area contributed by atoms with Gasteiger partial charge in [0.1, 0.15) is 11.4 Å². The van der Waals surface area contributed by atoms with E-state index in [9.17, 15) is 9.90 Å². The molecular weight excluding hydrogens is 408 g/mol. The normalized spacial score (nSPS) is 15.2. The van der Waals surface area contributed by atoms with Crippen LogP contribution in [-0.4, -0.2) is 25.8 Å². The molecule has 0 amide bonds. The number of anilines is 2. The van der Waals surface area contributed by atoms with E-state index < -0.39 is 5.97 Å². The van der Waals surface area contributed by atoms with E-state index in [2.05, 4.69) is 34.9 Å². The van der Waals surface area contributed by atoms with Gasteiger partial charge in [0.2, 0.25) is 0 Å². The number of carboxylic acids is 1. The summed E-state index contributed by atoms with van der Waals surface area (Å²) >= 11 is 1.57. The SMILES string of the molecule is CC(C)Cc1cc(Nc2ncc(-c3cccs3)cc2C(=O)O)nn1C1CCCCCC1. The molecule has 2 N–H and O–H groups in total. The number of nitrogens with zero attached hydrogens (tertiary/aromatic N) is 3. The molecule has 4 rings (SSSR count). The molecule has 0 unspecified atom stereocenters. The average Bonchev–Trinajstić information content (AvgIpc) is 3.32. The Bertz CT molecular complexity index is 1020. The van der Waals surface area contributed by atoms with Gasteiger partial charge in [-0.3, -0.25) is 4.68 Å². The average molecular weight is 439 g/mol. The fourth-order valence-corrected chi connectivity index (χ4v) is 5.02. The zero-order chi connectivity index (χ0) is 21.8. The van der Waals surface area contributed by atoms with Crippen LogP contribution in [-0.2, 0) is 6.42 Å². The van der Waals surface area contributed by atoms with Gasteiger partial charge in [-0.15, -0.1) is 11.3 Å². The minimum Gasteiger partial charge on any atom is -0.478 e. The molecule has 1 aliphatic carbocycles. The molecule has 3 heterocycles. The summed E-state index contributed by atoms with van der Waals surface area (Å²) in [6.07, 6.45) is 10.0. The Morgan fingerprint density at radius 2 is 2.03 bits per heavy atom. The third kappa shape index (κ3) is 5.15. The fraction of sp³-hybridized carbons (Fsp3) is 0.458. The first kappa shape index (κ1) is 21.6. The van der Waals surface area contributed by atoms with Crippen LogP contribution in [0.4, 0.5) is 11.6 Å². The smallest absolute Gasteiger partial charge is 0.339 e. The highest BCUT2D eigenvalue weighted by Crippen LogP contribution is 2.32. The predicted molar refractivity (Wildman–Crippen MR) is 125 cm³/mol. The summed E-state index contributed by atoms with van der Waals surface area (Å²) < 4.78 is 2.19. The summed E-state index contributed by atoms with van der Waals surface area (Å²) in [5.41, 5.74) is 2.17. The highest BCUT2D eigenvalue weighted by atomic mass is 32.1. The number of pyridine rings is 1. The van der Waals surface area contributed by atoms with Crippen LogP contribution in [0.1, 0.15) is 74.5 Å². The summed E-state index contributed by atoms with van der Waals surface area (Å²) in [5, 5.41) is 19.8. The Hall–Kier alpha value is -2.67. The summed E-state index contributed by atoms with van der Waals surface area (Å²) in [4.78, 5) is 17.4. The minimum absolute atomic E-state index is 0.153. The molecule has 6 nitrogen and oxygen atoms in total. The Morgan fingerprint density at radius 3 is 2.68 bits per heavy atom. The molecule has 0 saturated heterocycles. The van der Waals surface area contributed by atoms with Gasteiger partial charge in [0.15, 0.2) is 5.82 Å². The van der Waals surface area contributed by atoms with Crippen LogP contribution in [0.15, 0.2) is 35.8 Å². The second-order valence-corrected chi connectivity index (χ2v) is 9.68. The van der Waals surface area contributed by atoms with Crippen LogP contribution in [0, 0.1) is 5.92 Å². The van der Waals surface area contributed by atoms with Crippen molar-refractivity contribution >= 4 is 28.9 Å². The van der Waals surface area contributed by atoms with E-state index in [0.29, 0.717) is 23.6 Å². The third-order valence-corrected chi connectivity index (χ3v) is 6.69. The second kappa shape index (κ2) is 9.64. The van der Waals surface area contributed by atoms with Gasteiger partial charge >= 0.3 is 5.97 Å². The second-order valence-electron chi connectivity index (χ2n) is 8.74. The monoisotopic (exact) mass is 438 g/mol. The van der Waals surface area contributed by atoms with Crippen molar-refractivity contribution in [3.8, 4) is 10.4 Å². The van der Waals surface area contributed by atoms with Crippen molar-refractivity contribution < 1.29 is 9.90 Å². The van der Waals surface area contributed by atoms with Crippen molar-refractivity contribution in [1.82, 2.24) is 14.8 Å². The number of hydrogen-bond donors (Lipinski definition) is 2. The molecule has 0 radical (unpaired) electrons. The standard InChI is InChI=1S/C24H30N4O2S/c1-16(2)12-19-14-22(27-28(19)18-8-5-3-4-6-9-18)26-23-20(24(29)30)13-17(15-25-23)21-10-7-11-31-21/h7,10-11,13-16,18H,3-6,8-9,12H2,1-2H3,(H,29,30)(H,25,26,27). The maximum absolute atomic E-state index is 11.9. The summed E-state index contributed by atoms with van der Waals surface area (Å²) in [7, 11) is 0. The molecule has 1 fully saturated rings. The van der Waals surface area contributed by atoms with Gasteiger partial charge in [-0.2, -0.15) is 5.10 Å². The molecule has 31 heavy (non-hydrogen) atoms. The molecule has 0 aliphatic heterocycles. The number of nitrogens with one attached hydrogen (secondary N) is 1. The number of carboxylic acid groups (broad SMARTS) is 1. The third-order valence-electron chi connectivity index (χ3n) is 5.77. The number of aromatic nitrogens is 3. The van der Waals surface area contributed by atoms with Crippen molar-refractivity contribution in [2.45, 2.75) is 64.8 Å². The topological polar surface area (TPSA) is 80.0 Å². The van der Waals surface area contributed by atoms with E-state index in [1.54, 1.807) is 23.6 Å². The number of thiophene rings is 1. The maximum atomic E-state index is 11.9. The van der Waals surface area contributed by atoms with Crippen molar-refractivity contribution in [3.63, 3.8) is 0 Å². The van der Waals surface area contributed by atoms with E-state index in [1.807, 2.05) is 17.5 Å².